The Kier molecular flexibility index (Phi) is 5.21. The van der Waals surface area contributed by atoms with Gasteiger partial charge in [0.2, 0.25) is 0 Å². The molecule has 0 amide bonds. The predicted octanol–water partition coefficient (Wildman–Crippen LogP) is 4.58. The van der Waals surface area contributed by atoms with Gasteiger partial charge in [0.15, 0.2) is 23.1 Å². The lowest BCUT2D eigenvalue weighted by Gasteiger charge is -2.12. The summed E-state index contributed by atoms with van der Waals surface area (Å²) in [5.41, 5.74) is 1.83. The molecule has 1 aliphatic carbocycles. The molecule has 0 fully saturated rings. The first kappa shape index (κ1) is 17.9. The van der Waals surface area contributed by atoms with Crippen LogP contribution in [0.15, 0.2) is 48.0 Å². The summed E-state index contributed by atoms with van der Waals surface area (Å²) in [7, 11) is 1.57. The van der Waals surface area contributed by atoms with E-state index in [1.165, 1.54) is 0 Å². The van der Waals surface area contributed by atoms with Crippen LogP contribution in [0, 0.1) is 5.92 Å². The third-order valence-electron chi connectivity index (χ3n) is 4.36. The molecule has 1 aliphatic rings. The Hall–Kier alpha value is -2.88. The molecule has 0 saturated heterocycles. The Bertz CT molecular complexity index is 840. The molecule has 0 aliphatic heterocycles. The SMILES string of the molecule is COc1cc(C=C2C(=O)c3ccccc3C2=O)ccc1OCCC(C)C. The normalized spacial score (nSPS) is 13.2. The van der Waals surface area contributed by atoms with Crippen LogP contribution >= 0.6 is 0 Å². The van der Waals surface area contributed by atoms with Crippen LogP contribution in [-0.2, 0) is 0 Å². The summed E-state index contributed by atoms with van der Waals surface area (Å²) in [6.07, 6.45) is 2.57. The van der Waals surface area contributed by atoms with Crippen LogP contribution in [0.2, 0.25) is 0 Å². The average molecular weight is 350 g/mol. The van der Waals surface area contributed by atoms with Crippen molar-refractivity contribution in [2.45, 2.75) is 20.3 Å². The van der Waals surface area contributed by atoms with Crippen LogP contribution < -0.4 is 9.47 Å². The largest absolute Gasteiger partial charge is 0.493 e. The number of ether oxygens (including phenoxy) is 2. The van der Waals surface area contributed by atoms with Gasteiger partial charge in [-0.15, -0.1) is 0 Å². The van der Waals surface area contributed by atoms with Gasteiger partial charge in [0.05, 0.1) is 19.3 Å². The van der Waals surface area contributed by atoms with Crippen molar-refractivity contribution in [1.29, 1.82) is 0 Å². The molecular weight excluding hydrogens is 328 g/mol. The molecule has 3 rings (SSSR count). The Morgan fingerprint density at radius 1 is 0.962 bits per heavy atom. The monoisotopic (exact) mass is 350 g/mol. The minimum atomic E-state index is -0.234. The Balaban J connectivity index is 1.85. The molecule has 2 aromatic carbocycles. The molecule has 0 saturated carbocycles. The fourth-order valence-corrected chi connectivity index (χ4v) is 2.87. The van der Waals surface area contributed by atoms with Crippen LogP contribution in [0.1, 0.15) is 46.5 Å². The van der Waals surface area contributed by atoms with Crippen molar-refractivity contribution < 1.29 is 19.1 Å². The van der Waals surface area contributed by atoms with Crippen molar-refractivity contribution in [1.82, 2.24) is 0 Å². The molecule has 0 radical (unpaired) electrons. The molecule has 26 heavy (non-hydrogen) atoms. The van der Waals surface area contributed by atoms with E-state index >= 15 is 0 Å². The van der Waals surface area contributed by atoms with Crippen molar-refractivity contribution >= 4 is 17.6 Å². The van der Waals surface area contributed by atoms with Gasteiger partial charge in [0, 0.05) is 11.1 Å². The molecular formula is C22H22O4. The smallest absolute Gasteiger partial charge is 0.197 e. The van der Waals surface area contributed by atoms with Crippen LogP contribution in [0.25, 0.3) is 6.08 Å². The number of hydrogen-bond acceptors (Lipinski definition) is 4. The molecule has 0 bridgehead atoms. The Morgan fingerprint density at radius 2 is 1.62 bits per heavy atom. The highest BCUT2D eigenvalue weighted by Gasteiger charge is 2.32. The third kappa shape index (κ3) is 3.54. The summed E-state index contributed by atoms with van der Waals surface area (Å²) in [5, 5.41) is 0. The zero-order valence-corrected chi connectivity index (χ0v) is 15.2. The van der Waals surface area contributed by atoms with Crippen molar-refractivity contribution in [3.8, 4) is 11.5 Å². The Morgan fingerprint density at radius 3 is 2.19 bits per heavy atom. The number of hydrogen-bond donors (Lipinski definition) is 0. The third-order valence-corrected chi connectivity index (χ3v) is 4.36. The maximum absolute atomic E-state index is 12.5. The summed E-state index contributed by atoms with van der Waals surface area (Å²) in [6.45, 7) is 4.90. The van der Waals surface area contributed by atoms with E-state index in [1.807, 2.05) is 12.1 Å². The van der Waals surface area contributed by atoms with Gasteiger partial charge < -0.3 is 9.47 Å². The molecule has 4 heteroatoms. The summed E-state index contributed by atoms with van der Waals surface area (Å²) in [6, 6.07) is 12.3. The number of Topliss-reactive ketones (excluding diaryl/α,β-unsaturated/α-hetero) is 2. The van der Waals surface area contributed by atoms with E-state index in [0.29, 0.717) is 35.2 Å². The second kappa shape index (κ2) is 7.56. The minimum Gasteiger partial charge on any atom is -0.493 e. The number of allylic oxidation sites excluding steroid dienone is 1. The first-order chi connectivity index (χ1) is 12.5. The zero-order chi connectivity index (χ0) is 18.7. The van der Waals surface area contributed by atoms with E-state index in [2.05, 4.69) is 13.8 Å². The van der Waals surface area contributed by atoms with E-state index in [1.54, 1.807) is 43.5 Å². The van der Waals surface area contributed by atoms with Gasteiger partial charge in [-0.1, -0.05) is 44.2 Å². The first-order valence-corrected chi connectivity index (χ1v) is 8.72. The number of carbonyl (C=O) groups is 2. The summed E-state index contributed by atoms with van der Waals surface area (Å²) in [4.78, 5) is 25.0. The lowest BCUT2D eigenvalue weighted by atomic mass is 10.1. The number of rotatable bonds is 6. The quantitative estimate of drug-likeness (QED) is 0.565. The van der Waals surface area contributed by atoms with E-state index in [0.717, 1.165) is 12.0 Å². The lowest BCUT2D eigenvalue weighted by molar-refractivity contribution is 0.0990. The fraction of sp³-hybridized carbons (Fsp3) is 0.273. The van der Waals surface area contributed by atoms with Gasteiger partial charge in [-0.2, -0.15) is 0 Å². The molecule has 0 atom stereocenters. The van der Waals surface area contributed by atoms with Crippen molar-refractivity contribution in [3.05, 3.63) is 64.7 Å². The first-order valence-electron chi connectivity index (χ1n) is 8.72. The highest BCUT2D eigenvalue weighted by molar-refractivity contribution is 6.41. The van der Waals surface area contributed by atoms with E-state index in [9.17, 15) is 9.59 Å². The topological polar surface area (TPSA) is 52.6 Å². The van der Waals surface area contributed by atoms with Crippen LogP contribution in [-0.4, -0.2) is 25.3 Å². The maximum Gasteiger partial charge on any atom is 0.197 e. The highest BCUT2D eigenvalue weighted by Crippen LogP contribution is 2.32. The van der Waals surface area contributed by atoms with Crippen molar-refractivity contribution in [2.75, 3.05) is 13.7 Å². The van der Waals surface area contributed by atoms with Gasteiger partial charge in [-0.3, -0.25) is 9.59 Å². The van der Waals surface area contributed by atoms with Gasteiger partial charge in [0.1, 0.15) is 0 Å². The maximum atomic E-state index is 12.5. The van der Waals surface area contributed by atoms with Crippen LogP contribution in [0.5, 0.6) is 11.5 Å². The minimum absolute atomic E-state index is 0.182. The number of fused-ring (bicyclic) bond motifs is 1. The molecule has 0 aromatic heterocycles. The summed E-state index contributed by atoms with van der Waals surface area (Å²) in [5.74, 6) is 1.33. The highest BCUT2D eigenvalue weighted by atomic mass is 16.5. The number of carbonyl (C=O) groups excluding carboxylic acids is 2. The number of methoxy groups -OCH3 is 1. The fourth-order valence-electron chi connectivity index (χ4n) is 2.87. The standard InChI is InChI=1S/C22H22O4/c1-14(2)10-11-26-19-9-8-15(13-20(19)25-3)12-18-21(23)16-6-4-5-7-17(16)22(18)24/h4-9,12-14H,10-11H2,1-3H3. The zero-order valence-electron chi connectivity index (χ0n) is 15.2. The summed E-state index contributed by atoms with van der Waals surface area (Å²) >= 11 is 0. The second-order valence-corrected chi connectivity index (χ2v) is 6.70. The predicted molar refractivity (Wildman–Crippen MR) is 101 cm³/mol. The van der Waals surface area contributed by atoms with Gasteiger partial charge in [-0.25, -0.2) is 0 Å². The van der Waals surface area contributed by atoms with Crippen molar-refractivity contribution in [2.24, 2.45) is 5.92 Å². The number of ketones is 2. The van der Waals surface area contributed by atoms with E-state index < -0.39 is 0 Å². The molecule has 134 valence electrons. The van der Waals surface area contributed by atoms with E-state index in [4.69, 9.17) is 9.47 Å². The molecule has 0 spiro atoms. The van der Waals surface area contributed by atoms with Gasteiger partial charge in [-0.05, 0) is 36.1 Å². The Labute approximate surface area is 153 Å². The van der Waals surface area contributed by atoms with Gasteiger partial charge in [0.25, 0.3) is 0 Å². The van der Waals surface area contributed by atoms with Crippen LogP contribution in [0.4, 0.5) is 0 Å². The molecule has 0 N–H and O–H groups in total. The number of benzene rings is 2. The van der Waals surface area contributed by atoms with Gasteiger partial charge >= 0.3 is 0 Å². The summed E-state index contributed by atoms with van der Waals surface area (Å²) < 4.78 is 11.2. The average Bonchev–Trinajstić information content (AvgIpc) is 2.87. The lowest BCUT2D eigenvalue weighted by Crippen LogP contribution is -2.03. The second-order valence-electron chi connectivity index (χ2n) is 6.70. The molecule has 0 unspecified atom stereocenters. The molecule has 4 nitrogen and oxygen atoms in total. The van der Waals surface area contributed by atoms with Crippen molar-refractivity contribution in [3.63, 3.8) is 0 Å². The van der Waals surface area contributed by atoms with Crippen LogP contribution in [0.3, 0.4) is 0 Å². The molecule has 0 heterocycles. The van der Waals surface area contributed by atoms with E-state index in [-0.39, 0.29) is 17.1 Å². The molecule has 2 aromatic rings.